The minimum absolute atomic E-state index is 0.344. The highest BCUT2D eigenvalue weighted by molar-refractivity contribution is 5.69. The SMILES string of the molecule is CC(CN(C)Cc1cc(F)ccc1C#N)C(=O)O. The average Bonchev–Trinajstić information content (AvgIpc) is 2.28. The lowest BCUT2D eigenvalue weighted by atomic mass is 10.1. The summed E-state index contributed by atoms with van der Waals surface area (Å²) in [6, 6.07) is 5.97. The van der Waals surface area contributed by atoms with Crippen LogP contribution in [0.3, 0.4) is 0 Å². The molecule has 0 saturated heterocycles. The Morgan fingerprint density at radius 2 is 2.28 bits per heavy atom. The molecular weight excluding hydrogens is 235 g/mol. The number of hydrogen-bond acceptors (Lipinski definition) is 3. The molecule has 1 aromatic carbocycles. The molecule has 0 bridgehead atoms. The zero-order chi connectivity index (χ0) is 13.7. The second-order valence-electron chi connectivity index (χ2n) is 4.35. The van der Waals surface area contributed by atoms with Crippen LogP contribution >= 0.6 is 0 Å². The topological polar surface area (TPSA) is 64.3 Å². The van der Waals surface area contributed by atoms with Crippen LogP contribution in [-0.2, 0) is 11.3 Å². The van der Waals surface area contributed by atoms with Gasteiger partial charge in [0.2, 0.25) is 0 Å². The summed E-state index contributed by atoms with van der Waals surface area (Å²) in [5.74, 6) is -1.78. The standard InChI is InChI=1S/C13H15FN2O2/c1-9(13(17)18)7-16(2)8-11-5-12(14)4-3-10(11)6-15/h3-5,9H,7-8H2,1-2H3,(H,17,18). The fourth-order valence-electron chi connectivity index (χ4n) is 1.70. The number of aliphatic carboxylic acids is 1. The quantitative estimate of drug-likeness (QED) is 0.866. The van der Waals surface area contributed by atoms with Gasteiger partial charge in [-0.15, -0.1) is 0 Å². The van der Waals surface area contributed by atoms with E-state index in [2.05, 4.69) is 0 Å². The third kappa shape index (κ3) is 3.82. The summed E-state index contributed by atoms with van der Waals surface area (Å²) >= 11 is 0. The fourth-order valence-corrected chi connectivity index (χ4v) is 1.70. The van der Waals surface area contributed by atoms with Crippen molar-refractivity contribution in [1.29, 1.82) is 5.26 Å². The van der Waals surface area contributed by atoms with Gasteiger partial charge in [0, 0.05) is 13.1 Å². The highest BCUT2D eigenvalue weighted by atomic mass is 19.1. The zero-order valence-corrected chi connectivity index (χ0v) is 10.4. The van der Waals surface area contributed by atoms with E-state index in [1.807, 2.05) is 6.07 Å². The Hall–Kier alpha value is -1.93. The molecule has 4 nitrogen and oxygen atoms in total. The molecule has 1 unspecified atom stereocenters. The molecule has 18 heavy (non-hydrogen) atoms. The number of hydrogen-bond donors (Lipinski definition) is 1. The van der Waals surface area contributed by atoms with E-state index in [0.29, 0.717) is 24.2 Å². The first-order valence-electron chi connectivity index (χ1n) is 5.54. The van der Waals surface area contributed by atoms with Gasteiger partial charge >= 0.3 is 5.97 Å². The number of halogens is 1. The lowest BCUT2D eigenvalue weighted by Gasteiger charge is -2.19. The number of nitrogens with zero attached hydrogens (tertiary/aromatic N) is 2. The highest BCUT2D eigenvalue weighted by Crippen LogP contribution is 2.13. The first-order valence-corrected chi connectivity index (χ1v) is 5.54. The van der Waals surface area contributed by atoms with Crippen LogP contribution < -0.4 is 0 Å². The van der Waals surface area contributed by atoms with Crippen LogP contribution in [0.15, 0.2) is 18.2 Å². The largest absolute Gasteiger partial charge is 0.481 e. The lowest BCUT2D eigenvalue weighted by Crippen LogP contribution is -2.28. The van der Waals surface area contributed by atoms with Crippen molar-refractivity contribution in [2.24, 2.45) is 5.92 Å². The minimum Gasteiger partial charge on any atom is -0.481 e. The maximum atomic E-state index is 13.1. The number of carboxylic acids is 1. The Bertz CT molecular complexity index is 482. The normalized spacial score (nSPS) is 12.2. The zero-order valence-electron chi connectivity index (χ0n) is 10.4. The summed E-state index contributed by atoms with van der Waals surface area (Å²) in [6.07, 6.45) is 0. The molecule has 96 valence electrons. The number of carbonyl (C=O) groups is 1. The van der Waals surface area contributed by atoms with Gasteiger partial charge in [0.05, 0.1) is 17.6 Å². The van der Waals surface area contributed by atoms with Crippen LogP contribution in [-0.4, -0.2) is 29.6 Å². The molecule has 0 spiro atoms. The van der Waals surface area contributed by atoms with Gasteiger partial charge in [-0.25, -0.2) is 4.39 Å². The van der Waals surface area contributed by atoms with Crippen LogP contribution in [0.5, 0.6) is 0 Å². The molecule has 0 saturated carbocycles. The number of benzene rings is 1. The van der Waals surface area contributed by atoms with Gasteiger partial charge in [-0.3, -0.25) is 4.79 Å². The molecule has 5 heteroatoms. The summed E-state index contributed by atoms with van der Waals surface area (Å²) in [5, 5.41) is 17.7. The summed E-state index contributed by atoms with van der Waals surface area (Å²) in [5.41, 5.74) is 0.976. The van der Waals surface area contributed by atoms with Gasteiger partial charge < -0.3 is 10.0 Å². The van der Waals surface area contributed by atoms with Crippen molar-refractivity contribution in [2.75, 3.05) is 13.6 Å². The van der Waals surface area contributed by atoms with E-state index in [4.69, 9.17) is 10.4 Å². The van der Waals surface area contributed by atoms with Gasteiger partial charge in [0.25, 0.3) is 0 Å². The van der Waals surface area contributed by atoms with Crippen molar-refractivity contribution in [3.63, 3.8) is 0 Å². The number of carboxylic acid groups (broad SMARTS) is 1. The first kappa shape index (κ1) is 14.1. The van der Waals surface area contributed by atoms with Crippen LogP contribution in [0.2, 0.25) is 0 Å². The van der Waals surface area contributed by atoms with Gasteiger partial charge in [-0.2, -0.15) is 5.26 Å². The molecule has 0 aliphatic rings. The van der Waals surface area contributed by atoms with Crippen molar-refractivity contribution in [1.82, 2.24) is 4.90 Å². The molecule has 1 N–H and O–H groups in total. The van der Waals surface area contributed by atoms with E-state index >= 15 is 0 Å². The van der Waals surface area contributed by atoms with Gasteiger partial charge in [-0.05, 0) is 30.8 Å². The van der Waals surface area contributed by atoms with Crippen molar-refractivity contribution < 1.29 is 14.3 Å². The third-order valence-corrected chi connectivity index (χ3v) is 2.64. The maximum absolute atomic E-state index is 13.1. The summed E-state index contributed by atoms with van der Waals surface area (Å²) < 4.78 is 13.1. The smallest absolute Gasteiger partial charge is 0.307 e. The average molecular weight is 250 g/mol. The molecule has 0 fully saturated rings. The van der Waals surface area contributed by atoms with Gasteiger partial charge in [0.1, 0.15) is 5.82 Å². The van der Waals surface area contributed by atoms with Crippen LogP contribution in [0.4, 0.5) is 4.39 Å². The Balaban J connectivity index is 2.75. The van der Waals surface area contributed by atoms with Crippen molar-refractivity contribution in [3.8, 4) is 6.07 Å². The molecule has 0 aliphatic heterocycles. The summed E-state index contributed by atoms with van der Waals surface area (Å²) in [4.78, 5) is 12.5. The van der Waals surface area contributed by atoms with Gasteiger partial charge in [-0.1, -0.05) is 6.92 Å². The van der Waals surface area contributed by atoms with E-state index in [1.54, 1.807) is 18.9 Å². The molecule has 0 radical (unpaired) electrons. The number of nitriles is 1. The van der Waals surface area contributed by atoms with E-state index in [-0.39, 0.29) is 0 Å². The fraction of sp³-hybridized carbons (Fsp3) is 0.385. The predicted molar refractivity (Wildman–Crippen MR) is 64.2 cm³/mol. The van der Waals surface area contributed by atoms with Crippen LogP contribution in [0, 0.1) is 23.1 Å². The van der Waals surface area contributed by atoms with Crippen LogP contribution in [0.1, 0.15) is 18.1 Å². The molecule has 1 rings (SSSR count). The van der Waals surface area contributed by atoms with Crippen molar-refractivity contribution in [3.05, 3.63) is 35.1 Å². The van der Waals surface area contributed by atoms with Crippen LogP contribution in [0.25, 0.3) is 0 Å². The Morgan fingerprint density at radius 1 is 1.61 bits per heavy atom. The number of rotatable bonds is 5. The third-order valence-electron chi connectivity index (χ3n) is 2.64. The molecule has 0 aliphatic carbocycles. The lowest BCUT2D eigenvalue weighted by molar-refractivity contribution is -0.141. The summed E-state index contributed by atoms with van der Waals surface area (Å²) in [7, 11) is 1.74. The second-order valence-corrected chi connectivity index (χ2v) is 4.35. The Morgan fingerprint density at radius 3 is 2.83 bits per heavy atom. The summed E-state index contributed by atoms with van der Waals surface area (Å²) in [6.45, 7) is 2.30. The molecule has 0 amide bonds. The Kier molecular flexibility index (Phi) is 4.81. The maximum Gasteiger partial charge on any atom is 0.307 e. The molecule has 0 aromatic heterocycles. The monoisotopic (exact) mass is 250 g/mol. The van der Waals surface area contributed by atoms with E-state index in [9.17, 15) is 9.18 Å². The van der Waals surface area contributed by atoms with Crippen molar-refractivity contribution >= 4 is 5.97 Å². The predicted octanol–water partition coefficient (Wildman–Crippen LogP) is 1.85. The first-order chi connectivity index (χ1) is 8.43. The second kappa shape index (κ2) is 6.12. The highest BCUT2D eigenvalue weighted by Gasteiger charge is 2.14. The molecule has 1 atom stereocenters. The van der Waals surface area contributed by atoms with Crippen molar-refractivity contribution in [2.45, 2.75) is 13.5 Å². The van der Waals surface area contributed by atoms with E-state index < -0.39 is 17.7 Å². The minimum atomic E-state index is -0.874. The van der Waals surface area contributed by atoms with Gasteiger partial charge in [0.15, 0.2) is 0 Å². The van der Waals surface area contributed by atoms with E-state index in [1.165, 1.54) is 18.2 Å². The molecule has 1 aromatic rings. The molecule has 0 heterocycles. The Labute approximate surface area is 105 Å². The van der Waals surface area contributed by atoms with E-state index in [0.717, 1.165) is 0 Å². The molecular formula is C13H15FN2O2.